The lowest BCUT2D eigenvalue weighted by atomic mass is 10.1. The maximum atomic E-state index is 12.5. The summed E-state index contributed by atoms with van der Waals surface area (Å²) in [5, 5.41) is 2.80. The molecular formula is C16H25N3O5S2. The molecular weight excluding hydrogens is 378 g/mol. The van der Waals surface area contributed by atoms with Gasteiger partial charge in [-0.15, -0.1) is 0 Å². The minimum atomic E-state index is -3.69. The standard InChI is InChI=1S/C16H25N3O5S2/c1-12(2)18-26(23,24)15-8-4-6-13(10-15)16(20)17-14-7-5-9-19(11-14)25(3,21)22/h4,6,8,10,12,14,18H,5,7,9,11H2,1-3H3,(H,17,20). The number of nitrogens with zero attached hydrogens (tertiary/aromatic N) is 1. The van der Waals surface area contributed by atoms with Gasteiger partial charge in [0.1, 0.15) is 0 Å². The fourth-order valence-electron chi connectivity index (χ4n) is 2.81. The normalized spacial score (nSPS) is 19.5. The van der Waals surface area contributed by atoms with Gasteiger partial charge in [0.25, 0.3) is 5.91 Å². The van der Waals surface area contributed by atoms with Crippen molar-refractivity contribution in [3.63, 3.8) is 0 Å². The minimum absolute atomic E-state index is 0.0141. The van der Waals surface area contributed by atoms with Crippen molar-refractivity contribution in [2.75, 3.05) is 19.3 Å². The van der Waals surface area contributed by atoms with Crippen molar-refractivity contribution in [1.82, 2.24) is 14.3 Å². The molecule has 10 heteroatoms. The summed E-state index contributed by atoms with van der Waals surface area (Å²) in [6, 6.07) is 5.21. The van der Waals surface area contributed by atoms with Gasteiger partial charge in [-0.05, 0) is 44.9 Å². The van der Waals surface area contributed by atoms with Gasteiger partial charge in [0.15, 0.2) is 0 Å². The summed E-state index contributed by atoms with van der Waals surface area (Å²) in [5.74, 6) is -0.424. The van der Waals surface area contributed by atoms with E-state index >= 15 is 0 Å². The van der Waals surface area contributed by atoms with Gasteiger partial charge < -0.3 is 5.32 Å². The number of piperidine rings is 1. The van der Waals surface area contributed by atoms with Gasteiger partial charge in [-0.25, -0.2) is 25.9 Å². The van der Waals surface area contributed by atoms with Crippen LogP contribution in [-0.4, -0.2) is 58.5 Å². The summed E-state index contributed by atoms with van der Waals surface area (Å²) in [5.41, 5.74) is 0.216. The summed E-state index contributed by atoms with van der Waals surface area (Å²) < 4.78 is 51.6. The second-order valence-electron chi connectivity index (χ2n) is 6.74. The van der Waals surface area contributed by atoms with E-state index in [1.165, 1.54) is 28.6 Å². The predicted octanol–water partition coefficient (Wildman–Crippen LogP) is 0.527. The summed E-state index contributed by atoms with van der Waals surface area (Å²) in [6.45, 7) is 4.09. The van der Waals surface area contributed by atoms with Gasteiger partial charge in [-0.1, -0.05) is 6.07 Å². The van der Waals surface area contributed by atoms with Crippen molar-refractivity contribution in [2.45, 2.75) is 43.7 Å². The Morgan fingerprint density at radius 2 is 1.92 bits per heavy atom. The van der Waals surface area contributed by atoms with Crippen LogP contribution in [0.2, 0.25) is 0 Å². The van der Waals surface area contributed by atoms with Crippen molar-refractivity contribution in [3.8, 4) is 0 Å². The molecule has 0 saturated carbocycles. The smallest absolute Gasteiger partial charge is 0.251 e. The molecule has 1 heterocycles. The van der Waals surface area contributed by atoms with Gasteiger partial charge in [-0.3, -0.25) is 4.79 Å². The molecule has 146 valence electrons. The van der Waals surface area contributed by atoms with E-state index in [4.69, 9.17) is 0 Å². The van der Waals surface area contributed by atoms with Crippen molar-refractivity contribution in [2.24, 2.45) is 0 Å². The second-order valence-corrected chi connectivity index (χ2v) is 10.4. The van der Waals surface area contributed by atoms with Gasteiger partial charge >= 0.3 is 0 Å². The molecule has 8 nitrogen and oxygen atoms in total. The highest BCUT2D eigenvalue weighted by atomic mass is 32.2. The van der Waals surface area contributed by atoms with Crippen LogP contribution in [0.3, 0.4) is 0 Å². The molecule has 1 amide bonds. The van der Waals surface area contributed by atoms with Gasteiger partial charge in [0.2, 0.25) is 20.0 Å². The molecule has 1 unspecified atom stereocenters. The van der Waals surface area contributed by atoms with E-state index in [2.05, 4.69) is 10.0 Å². The molecule has 1 saturated heterocycles. The van der Waals surface area contributed by atoms with E-state index in [0.29, 0.717) is 19.4 Å². The summed E-state index contributed by atoms with van der Waals surface area (Å²) >= 11 is 0. The van der Waals surface area contributed by atoms with E-state index in [0.717, 1.165) is 6.26 Å². The monoisotopic (exact) mass is 403 g/mol. The van der Waals surface area contributed by atoms with Crippen LogP contribution >= 0.6 is 0 Å². The third-order valence-electron chi connectivity index (χ3n) is 3.99. The third-order valence-corrected chi connectivity index (χ3v) is 6.91. The quantitative estimate of drug-likeness (QED) is 0.719. The zero-order chi connectivity index (χ0) is 19.5. The fourth-order valence-corrected chi connectivity index (χ4v) is 5.02. The van der Waals surface area contributed by atoms with Crippen LogP contribution in [0.1, 0.15) is 37.0 Å². The molecule has 2 N–H and O–H groups in total. The van der Waals surface area contributed by atoms with Crippen molar-refractivity contribution in [3.05, 3.63) is 29.8 Å². The number of carbonyl (C=O) groups excluding carboxylic acids is 1. The first-order valence-electron chi connectivity index (χ1n) is 8.37. The van der Waals surface area contributed by atoms with Crippen molar-refractivity contribution in [1.29, 1.82) is 0 Å². The van der Waals surface area contributed by atoms with Crippen LogP contribution in [-0.2, 0) is 20.0 Å². The van der Waals surface area contributed by atoms with Crippen molar-refractivity contribution >= 4 is 26.0 Å². The molecule has 0 aliphatic carbocycles. The number of sulfonamides is 2. The fraction of sp³-hybridized carbons (Fsp3) is 0.562. The van der Waals surface area contributed by atoms with Crippen molar-refractivity contribution < 1.29 is 21.6 Å². The number of benzene rings is 1. The third kappa shape index (κ3) is 5.50. The minimum Gasteiger partial charge on any atom is -0.348 e. The Morgan fingerprint density at radius 3 is 2.54 bits per heavy atom. The lowest BCUT2D eigenvalue weighted by Crippen LogP contribution is -2.49. The first-order valence-corrected chi connectivity index (χ1v) is 11.7. The van der Waals surface area contributed by atoms with Crippen LogP contribution in [0.25, 0.3) is 0 Å². The topological polar surface area (TPSA) is 113 Å². The largest absolute Gasteiger partial charge is 0.348 e. The maximum Gasteiger partial charge on any atom is 0.251 e. The summed E-state index contributed by atoms with van der Waals surface area (Å²) in [7, 11) is -7.00. The molecule has 0 radical (unpaired) electrons. The molecule has 1 fully saturated rings. The number of nitrogens with one attached hydrogen (secondary N) is 2. The number of hydrogen-bond donors (Lipinski definition) is 2. The predicted molar refractivity (Wildman–Crippen MR) is 98.8 cm³/mol. The average molecular weight is 404 g/mol. The first kappa shape index (κ1) is 20.8. The Kier molecular flexibility index (Phi) is 6.43. The zero-order valence-corrected chi connectivity index (χ0v) is 16.7. The average Bonchev–Trinajstić information content (AvgIpc) is 2.53. The Hall–Kier alpha value is -1.49. The highest BCUT2D eigenvalue weighted by Crippen LogP contribution is 2.15. The molecule has 0 bridgehead atoms. The highest BCUT2D eigenvalue weighted by Gasteiger charge is 2.27. The van der Waals surface area contributed by atoms with E-state index in [1.54, 1.807) is 13.8 Å². The molecule has 1 aliphatic rings. The van der Waals surface area contributed by atoms with E-state index in [9.17, 15) is 21.6 Å². The number of hydrogen-bond acceptors (Lipinski definition) is 5. The molecule has 1 atom stereocenters. The van der Waals surface area contributed by atoms with E-state index < -0.39 is 26.0 Å². The molecule has 1 aliphatic heterocycles. The zero-order valence-electron chi connectivity index (χ0n) is 15.1. The summed E-state index contributed by atoms with van der Waals surface area (Å²) in [4.78, 5) is 12.5. The molecule has 26 heavy (non-hydrogen) atoms. The van der Waals surface area contributed by atoms with Gasteiger partial charge in [0.05, 0.1) is 11.2 Å². The Balaban J connectivity index is 2.12. The molecule has 1 aromatic rings. The summed E-state index contributed by atoms with van der Waals surface area (Å²) in [6.07, 6.45) is 2.47. The molecule has 2 rings (SSSR count). The number of rotatable bonds is 6. The first-order chi connectivity index (χ1) is 12.0. The van der Waals surface area contributed by atoms with Crippen LogP contribution in [0.15, 0.2) is 29.2 Å². The maximum absolute atomic E-state index is 12.5. The lowest BCUT2D eigenvalue weighted by Gasteiger charge is -2.31. The van der Waals surface area contributed by atoms with Gasteiger partial charge in [-0.2, -0.15) is 0 Å². The van der Waals surface area contributed by atoms with Gasteiger partial charge in [0, 0.05) is 30.7 Å². The Morgan fingerprint density at radius 1 is 1.23 bits per heavy atom. The number of amides is 1. The number of carbonyl (C=O) groups is 1. The Bertz CT molecular complexity index is 866. The second kappa shape index (κ2) is 8.03. The van der Waals surface area contributed by atoms with Crippen LogP contribution in [0.5, 0.6) is 0 Å². The SMILES string of the molecule is CC(C)NS(=O)(=O)c1cccc(C(=O)NC2CCCN(S(C)(=O)=O)C2)c1. The molecule has 0 spiro atoms. The van der Waals surface area contributed by atoms with Crippen LogP contribution in [0.4, 0.5) is 0 Å². The highest BCUT2D eigenvalue weighted by molar-refractivity contribution is 7.89. The molecule has 0 aromatic heterocycles. The Labute approximate surface area is 155 Å². The molecule has 1 aromatic carbocycles. The van der Waals surface area contributed by atoms with E-state index in [1.807, 2.05) is 0 Å². The van der Waals surface area contributed by atoms with Crippen LogP contribution in [0, 0.1) is 0 Å². The van der Waals surface area contributed by atoms with Crippen LogP contribution < -0.4 is 10.0 Å². The lowest BCUT2D eigenvalue weighted by molar-refractivity contribution is 0.0921. The van der Waals surface area contributed by atoms with E-state index in [-0.39, 0.29) is 29.1 Å².